The average Bonchev–Trinajstić information content (AvgIpc) is 2.94. The lowest BCUT2D eigenvalue weighted by Gasteiger charge is -2.09. The number of nitrogens with zero attached hydrogens (tertiary/aromatic N) is 1. The lowest BCUT2D eigenvalue weighted by molar-refractivity contribution is -0.380. The summed E-state index contributed by atoms with van der Waals surface area (Å²) in [5, 5.41) is 18.5. The Hall–Kier alpha value is -2.12. The number of rotatable bonds is 5. The van der Waals surface area contributed by atoms with Crippen LogP contribution in [0.5, 0.6) is 0 Å². The maximum absolute atomic E-state index is 11.6. The fourth-order valence-electron chi connectivity index (χ4n) is 1.69. The number of amides is 1. The van der Waals surface area contributed by atoms with Crippen LogP contribution in [-0.4, -0.2) is 17.9 Å². The van der Waals surface area contributed by atoms with Crippen molar-refractivity contribution in [3.8, 4) is 0 Å². The number of benzene rings is 1. The Kier molecular flexibility index (Phi) is 4.77. The molecule has 0 saturated carbocycles. The normalized spacial score (nSPS) is 10.2. The van der Waals surface area contributed by atoms with Crippen molar-refractivity contribution in [1.29, 1.82) is 0 Å². The van der Waals surface area contributed by atoms with Crippen LogP contribution >= 0.6 is 22.9 Å². The maximum Gasteiger partial charge on any atom is 0.324 e. The third-order valence-corrected chi connectivity index (χ3v) is 4.02. The van der Waals surface area contributed by atoms with E-state index in [0.29, 0.717) is 22.8 Å². The van der Waals surface area contributed by atoms with Crippen molar-refractivity contribution < 1.29 is 9.72 Å². The third-order valence-electron chi connectivity index (χ3n) is 2.76. The molecule has 1 amide bonds. The van der Waals surface area contributed by atoms with Crippen LogP contribution < -0.4 is 10.6 Å². The Morgan fingerprint density at radius 2 is 2.19 bits per heavy atom. The van der Waals surface area contributed by atoms with Gasteiger partial charge in [0.05, 0.1) is 15.6 Å². The minimum absolute atomic E-state index is 0.0945. The Bertz CT molecular complexity index is 687. The Labute approximate surface area is 129 Å². The monoisotopic (exact) mass is 325 g/mol. The van der Waals surface area contributed by atoms with Crippen molar-refractivity contribution in [2.75, 3.05) is 12.4 Å². The molecule has 0 aliphatic heterocycles. The zero-order valence-electron chi connectivity index (χ0n) is 11.1. The molecular weight excluding hydrogens is 314 g/mol. The lowest BCUT2D eigenvalue weighted by Crippen LogP contribution is -2.17. The van der Waals surface area contributed by atoms with Gasteiger partial charge in [-0.25, -0.2) is 0 Å². The molecular formula is C13H12ClN3O3S. The molecule has 0 unspecified atom stereocenters. The van der Waals surface area contributed by atoms with Gasteiger partial charge in [0, 0.05) is 30.6 Å². The van der Waals surface area contributed by atoms with Gasteiger partial charge in [0.2, 0.25) is 0 Å². The molecule has 21 heavy (non-hydrogen) atoms. The van der Waals surface area contributed by atoms with Gasteiger partial charge in [-0.05, 0) is 23.8 Å². The van der Waals surface area contributed by atoms with Crippen molar-refractivity contribution in [3.63, 3.8) is 0 Å². The van der Waals surface area contributed by atoms with Crippen LogP contribution in [0.3, 0.4) is 0 Å². The van der Waals surface area contributed by atoms with Gasteiger partial charge < -0.3 is 10.6 Å². The molecule has 0 aliphatic rings. The SMILES string of the molecule is CNC(=O)c1ccc(Cl)c(NCc2csc([N+](=O)[O-])c2)c1. The summed E-state index contributed by atoms with van der Waals surface area (Å²) >= 11 is 7.14. The smallest absolute Gasteiger partial charge is 0.324 e. The van der Waals surface area contributed by atoms with Crippen LogP contribution in [0.1, 0.15) is 15.9 Å². The molecule has 6 nitrogen and oxygen atoms in total. The molecule has 110 valence electrons. The van der Waals surface area contributed by atoms with Crippen LogP contribution in [0.4, 0.5) is 10.7 Å². The van der Waals surface area contributed by atoms with E-state index in [9.17, 15) is 14.9 Å². The average molecular weight is 326 g/mol. The summed E-state index contributed by atoms with van der Waals surface area (Å²) in [6, 6.07) is 6.41. The highest BCUT2D eigenvalue weighted by Gasteiger charge is 2.11. The topological polar surface area (TPSA) is 84.3 Å². The second-order valence-electron chi connectivity index (χ2n) is 4.18. The number of halogens is 1. The summed E-state index contributed by atoms with van der Waals surface area (Å²) in [5.41, 5.74) is 1.88. The summed E-state index contributed by atoms with van der Waals surface area (Å²) in [5.74, 6) is -0.208. The van der Waals surface area contributed by atoms with E-state index >= 15 is 0 Å². The van der Waals surface area contributed by atoms with Crippen LogP contribution in [0.2, 0.25) is 5.02 Å². The van der Waals surface area contributed by atoms with Crippen LogP contribution in [-0.2, 0) is 6.54 Å². The number of nitrogens with one attached hydrogen (secondary N) is 2. The van der Waals surface area contributed by atoms with Gasteiger partial charge in [-0.2, -0.15) is 0 Å². The molecule has 0 atom stereocenters. The molecule has 1 heterocycles. The molecule has 0 aliphatic carbocycles. The molecule has 0 fully saturated rings. The molecule has 0 radical (unpaired) electrons. The summed E-state index contributed by atoms with van der Waals surface area (Å²) in [6.07, 6.45) is 0. The highest BCUT2D eigenvalue weighted by molar-refractivity contribution is 7.13. The minimum Gasteiger partial charge on any atom is -0.380 e. The first kappa shape index (κ1) is 15.3. The van der Waals surface area contributed by atoms with Gasteiger partial charge in [0.15, 0.2) is 0 Å². The second kappa shape index (κ2) is 6.55. The van der Waals surface area contributed by atoms with Gasteiger partial charge in [-0.3, -0.25) is 14.9 Å². The number of thiophene rings is 1. The van der Waals surface area contributed by atoms with E-state index in [4.69, 9.17) is 11.6 Å². The molecule has 0 spiro atoms. The predicted octanol–water partition coefficient (Wildman–Crippen LogP) is 3.28. The van der Waals surface area contributed by atoms with Crippen LogP contribution in [0.25, 0.3) is 0 Å². The van der Waals surface area contributed by atoms with Crippen molar-refractivity contribution >= 4 is 39.5 Å². The number of anilines is 1. The number of hydrogen-bond acceptors (Lipinski definition) is 5. The van der Waals surface area contributed by atoms with Crippen molar-refractivity contribution in [1.82, 2.24) is 5.32 Å². The molecule has 1 aromatic carbocycles. The molecule has 2 aromatic rings. The van der Waals surface area contributed by atoms with E-state index in [1.165, 1.54) is 6.07 Å². The number of hydrogen-bond donors (Lipinski definition) is 2. The van der Waals surface area contributed by atoms with E-state index in [0.717, 1.165) is 16.9 Å². The summed E-state index contributed by atoms with van der Waals surface area (Å²) < 4.78 is 0. The molecule has 0 bridgehead atoms. The van der Waals surface area contributed by atoms with Crippen molar-refractivity contribution in [2.45, 2.75) is 6.54 Å². The number of carbonyl (C=O) groups is 1. The standard InChI is InChI=1S/C13H12ClN3O3S/c1-15-13(18)9-2-3-10(14)11(5-9)16-6-8-4-12(17(19)20)21-7-8/h2-5,7,16H,6H2,1H3,(H,15,18). The molecule has 2 N–H and O–H groups in total. The van der Waals surface area contributed by atoms with Crippen molar-refractivity contribution in [2.24, 2.45) is 0 Å². The van der Waals surface area contributed by atoms with E-state index in [1.807, 2.05) is 0 Å². The van der Waals surface area contributed by atoms with E-state index in [2.05, 4.69) is 10.6 Å². The first-order valence-corrected chi connectivity index (χ1v) is 7.24. The first-order valence-electron chi connectivity index (χ1n) is 5.98. The molecule has 2 rings (SSSR count). The first-order chi connectivity index (χ1) is 10.0. The highest BCUT2D eigenvalue weighted by atomic mass is 35.5. The van der Waals surface area contributed by atoms with Gasteiger partial charge in [0.25, 0.3) is 5.91 Å². The maximum atomic E-state index is 11.6. The van der Waals surface area contributed by atoms with E-state index in [1.54, 1.807) is 30.6 Å². The Morgan fingerprint density at radius 1 is 1.43 bits per heavy atom. The zero-order valence-corrected chi connectivity index (χ0v) is 12.6. The largest absolute Gasteiger partial charge is 0.380 e. The van der Waals surface area contributed by atoms with Gasteiger partial charge in [-0.1, -0.05) is 22.9 Å². The second-order valence-corrected chi connectivity index (χ2v) is 5.47. The van der Waals surface area contributed by atoms with Crippen LogP contribution in [0, 0.1) is 10.1 Å². The zero-order chi connectivity index (χ0) is 15.4. The highest BCUT2D eigenvalue weighted by Crippen LogP contribution is 2.26. The third kappa shape index (κ3) is 3.71. The number of carbonyl (C=O) groups excluding carboxylic acids is 1. The van der Waals surface area contributed by atoms with Gasteiger partial charge in [0.1, 0.15) is 0 Å². The van der Waals surface area contributed by atoms with E-state index < -0.39 is 4.92 Å². The molecule has 0 saturated heterocycles. The van der Waals surface area contributed by atoms with Crippen molar-refractivity contribution in [3.05, 3.63) is 55.9 Å². The molecule has 8 heteroatoms. The Morgan fingerprint density at radius 3 is 2.81 bits per heavy atom. The number of nitro groups is 1. The summed E-state index contributed by atoms with van der Waals surface area (Å²) in [7, 11) is 1.55. The lowest BCUT2D eigenvalue weighted by atomic mass is 10.2. The van der Waals surface area contributed by atoms with Gasteiger partial charge >= 0.3 is 5.00 Å². The fraction of sp³-hybridized carbons (Fsp3) is 0.154. The van der Waals surface area contributed by atoms with Crippen LogP contribution in [0.15, 0.2) is 29.6 Å². The summed E-state index contributed by atoms with van der Waals surface area (Å²) in [4.78, 5) is 21.8. The quantitative estimate of drug-likeness (QED) is 0.652. The fourth-order valence-corrected chi connectivity index (χ4v) is 2.61. The molecule has 1 aromatic heterocycles. The van der Waals surface area contributed by atoms with Gasteiger partial charge in [-0.15, -0.1) is 0 Å². The summed E-state index contributed by atoms with van der Waals surface area (Å²) in [6.45, 7) is 0.390. The minimum atomic E-state index is -0.423. The van der Waals surface area contributed by atoms with E-state index in [-0.39, 0.29) is 10.9 Å². The Balaban J connectivity index is 2.11. The predicted molar refractivity (Wildman–Crippen MR) is 83.1 cm³/mol.